The van der Waals surface area contributed by atoms with Crippen LogP contribution in [-0.4, -0.2) is 78.1 Å². The molecule has 3 atom stereocenters. The van der Waals surface area contributed by atoms with E-state index >= 15 is 0 Å². The summed E-state index contributed by atoms with van der Waals surface area (Å²) in [5.74, 6) is -0.0945. The Hall–Kier alpha value is -2.19. The number of nitro benzene ring substituents is 1. The fourth-order valence-electron chi connectivity index (χ4n) is 5.22. The van der Waals surface area contributed by atoms with E-state index in [9.17, 15) is 14.9 Å². The van der Waals surface area contributed by atoms with Crippen LogP contribution in [0.4, 0.5) is 11.4 Å². The zero-order valence-electron chi connectivity index (χ0n) is 18.0. The lowest BCUT2D eigenvalue weighted by Crippen LogP contribution is -2.50. The Kier molecular flexibility index (Phi) is 6.24. The van der Waals surface area contributed by atoms with Gasteiger partial charge in [-0.25, -0.2) is 0 Å². The van der Waals surface area contributed by atoms with Crippen molar-refractivity contribution in [1.82, 2.24) is 9.80 Å². The topological polar surface area (TPSA) is 79.2 Å². The second-order valence-corrected chi connectivity index (χ2v) is 8.93. The molecular weight excluding hydrogens is 384 g/mol. The first-order valence-electron chi connectivity index (χ1n) is 11.1. The zero-order valence-corrected chi connectivity index (χ0v) is 18.0. The maximum Gasteiger partial charge on any atom is 0.293 e. The molecule has 164 valence electrons. The Labute approximate surface area is 177 Å². The van der Waals surface area contributed by atoms with Crippen LogP contribution in [0.1, 0.15) is 49.9 Å². The van der Waals surface area contributed by atoms with Gasteiger partial charge >= 0.3 is 0 Å². The summed E-state index contributed by atoms with van der Waals surface area (Å²) in [6, 6.07) is 5.14. The molecule has 4 rings (SSSR count). The molecule has 3 heterocycles. The SMILES string of the molecule is CC1CN(CC2CCCN2C(=O)c2ccc(N3CCCC3)c([N+](=O)[O-])c2)CC(C)O1. The van der Waals surface area contributed by atoms with Gasteiger partial charge in [-0.1, -0.05) is 0 Å². The third-order valence-electron chi connectivity index (χ3n) is 6.47. The van der Waals surface area contributed by atoms with Crippen molar-refractivity contribution in [2.45, 2.75) is 57.8 Å². The number of benzene rings is 1. The molecule has 1 aromatic carbocycles. The Morgan fingerprint density at radius 2 is 1.83 bits per heavy atom. The van der Waals surface area contributed by atoms with Gasteiger partial charge in [-0.2, -0.15) is 0 Å². The maximum atomic E-state index is 13.3. The van der Waals surface area contributed by atoms with Gasteiger partial charge in [-0.15, -0.1) is 0 Å². The molecule has 0 radical (unpaired) electrons. The van der Waals surface area contributed by atoms with Crippen LogP contribution in [0.2, 0.25) is 0 Å². The van der Waals surface area contributed by atoms with E-state index in [0.29, 0.717) is 17.8 Å². The number of carbonyl (C=O) groups excluding carboxylic acids is 1. The van der Waals surface area contributed by atoms with Gasteiger partial charge in [0.05, 0.1) is 17.1 Å². The summed E-state index contributed by atoms with van der Waals surface area (Å²) in [5, 5.41) is 11.7. The predicted octanol–water partition coefficient (Wildman–Crippen LogP) is 2.91. The molecule has 30 heavy (non-hydrogen) atoms. The van der Waals surface area contributed by atoms with Gasteiger partial charge in [0, 0.05) is 56.9 Å². The van der Waals surface area contributed by atoms with E-state index in [0.717, 1.165) is 58.4 Å². The van der Waals surface area contributed by atoms with Crippen LogP contribution in [-0.2, 0) is 4.74 Å². The summed E-state index contributed by atoms with van der Waals surface area (Å²) >= 11 is 0. The molecule has 3 aliphatic rings. The average Bonchev–Trinajstić information content (AvgIpc) is 3.38. The number of nitrogens with zero attached hydrogens (tertiary/aromatic N) is 4. The first-order chi connectivity index (χ1) is 14.4. The Balaban J connectivity index is 1.50. The lowest BCUT2D eigenvalue weighted by atomic mass is 10.1. The van der Waals surface area contributed by atoms with Gasteiger partial charge in [-0.05, 0) is 51.7 Å². The van der Waals surface area contributed by atoms with Gasteiger partial charge in [0.25, 0.3) is 11.6 Å². The molecular formula is C22H32N4O4. The highest BCUT2D eigenvalue weighted by Gasteiger charge is 2.34. The number of anilines is 1. The molecule has 3 aliphatic heterocycles. The minimum atomic E-state index is -0.359. The molecule has 3 saturated heterocycles. The van der Waals surface area contributed by atoms with Crippen LogP contribution in [0, 0.1) is 10.1 Å². The summed E-state index contributed by atoms with van der Waals surface area (Å²) in [7, 11) is 0. The fourth-order valence-corrected chi connectivity index (χ4v) is 5.22. The molecule has 1 amide bonds. The van der Waals surface area contributed by atoms with Crippen LogP contribution >= 0.6 is 0 Å². The highest BCUT2D eigenvalue weighted by atomic mass is 16.6. The van der Waals surface area contributed by atoms with Crippen molar-refractivity contribution in [1.29, 1.82) is 0 Å². The van der Waals surface area contributed by atoms with E-state index in [2.05, 4.69) is 18.7 Å². The third kappa shape index (κ3) is 4.44. The van der Waals surface area contributed by atoms with Crippen molar-refractivity contribution in [3.05, 3.63) is 33.9 Å². The van der Waals surface area contributed by atoms with E-state index in [1.54, 1.807) is 12.1 Å². The van der Waals surface area contributed by atoms with Crippen molar-refractivity contribution in [3.8, 4) is 0 Å². The number of likely N-dealkylation sites (tertiary alicyclic amines) is 1. The molecule has 0 N–H and O–H groups in total. The first-order valence-corrected chi connectivity index (χ1v) is 11.1. The molecule has 3 fully saturated rings. The van der Waals surface area contributed by atoms with E-state index < -0.39 is 0 Å². The summed E-state index contributed by atoms with van der Waals surface area (Å²) in [6.07, 6.45) is 4.43. The summed E-state index contributed by atoms with van der Waals surface area (Å²) in [5.41, 5.74) is 1.08. The molecule has 0 aromatic heterocycles. The molecule has 1 aromatic rings. The minimum absolute atomic E-state index is 0.0364. The monoisotopic (exact) mass is 416 g/mol. The van der Waals surface area contributed by atoms with E-state index in [1.807, 2.05) is 9.80 Å². The van der Waals surface area contributed by atoms with Crippen molar-refractivity contribution in [3.63, 3.8) is 0 Å². The summed E-state index contributed by atoms with van der Waals surface area (Å²) in [4.78, 5) is 31.0. The summed E-state index contributed by atoms with van der Waals surface area (Å²) < 4.78 is 5.82. The van der Waals surface area contributed by atoms with Crippen molar-refractivity contribution in [2.75, 3.05) is 44.2 Å². The number of hydrogen-bond donors (Lipinski definition) is 0. The first kappa shape index (κ1) is 21.1. The highest BCUT2D eigenvalue weighted by molar-refractivity contribution is 5.96. The van der Waals surface area contributed by atoms with Gasteiger partial charge in [0.1, 0.15) is 5.69 Å². The number of carbonyl (C=O) groups is 1. The molecule has 8 heteroatoms. The number of nitro groups is 1. The van der Waals surface area contributed by atoms with Gasteiger partial charge in [-0.3, -0.25) is 19.8 Å². The molecule has 0 aliphatic carbocycles. The normalized spacial score (nSPS) is 27.6. The number of hydrogen-bond acceptors (Lipinski definition) is 6. The average molecular weight is 417 g/mol. The Bertz CT molecular complexity index is 785. The standard InChI is InChI=1S/C22H32N4O4/c1-16-13-23(14-17(2)30-16)15-19-6-5-11-25(19)22(27)18-7-8-20(21(12-18)26(28)29)24-9-3-4-10-24/h7-8,12,16-17,19H,3-6,9-11,13-15H2,1-2H3. The third-order valence-corrected chi connectivity index (χ3v) is 6.47. The van der Waals surface area contributed by atoms with E-state index in [-0.39, 0.29) is 34.8 Å². The van der Waals surface area contributed by atoms with Gasteiger partial charge in [0.15, 0.2) is 0 Å². The van der Waals surface area contributed by atoms with E-state index in [1.165, 1.54) is 6.07 Å². The number of rotatable bonds is 5. The van der Waals surface area contributed by atoms with Crippen LogP contribution in [0.5, 0.6) is 0 Å². The highest BCUT2D eigenvalue weighted by Crippen LogP contribution is 2.33. The van der Waals surface area contributed by atoms with Crippen LogP contribution in [0.3, 0.4) is 0 Å². The molecule has 0 spiro atoms. The van der Waals surface area contributed by atoms with Gasteiger partial charge in [0.2, 0.25) is 0 Å². The number of amides is 1. The van der Waals surface area contributed by atoms with Crippen LogP contribution in [0.15, 0.2) is 18.2 Å². The number of morpholine rings is 1. The molecule has 0 bridgehead atoms. The molecule has 3 unspecified atom stereocenters. The van der Waals surface area contributed by atoms with E-state index in [4.69, 9.17) is 4.74 Å². The lowest BCUT2D eigenvalue weighted by Gasteiger charge is -2.38. The number of ether oxygens (including phenoxy) is 1. The zero-order chi connectivity index (χ0) is 21.3. The smallest absolute Gasteiger partial charge is 0.293 e. The summed E-state index contributed by atoms with van der Waals surface area (Å²) in [6.45, 7) is 9.12. The van der Waals surface area contributed by atoms with Crippen molar-refractivity contribution in [2.24, 2.45) is 0 Å². The van der Waals surface area contributed by atoms with Crippen LogP contribution < -0.4 is 4.90 Å². The largest absolute Gasteiger partial charge is 0.373 e. The lowest BCUT2D eigenvalue weighted by molar-refractivity contribution is -0.384. The fraction of sp³-hybridized carbons (Fsp3) is 0.682. The van der Waals surface area contributed by atoms with Crippen molar-refractivity contribution < 1.29 is 14.5 Å². The second-order valence-electron chi connectivity index (χ2n) is 8.93. The van der Waals surface area contributed by atoms with Crippen LogP contribution in [0.25, 0.3) is 0 Å². The maximum absolute atomic E-state index is 13.3. The Morgan fingerprint density at radius 1 is 1.13 bits per heavy atom. The quantitative estimate of drug-likeness (QED) is 0.542. The molecule has 8 nitrogen and oxygen atoms in total. The second kappa shape index (κ2) is 8.89. The Morgan fingerprint density at radius 3 is 2.50 bits per heavy atom. The minimum Gasteiger partial charge on any atom is -0.373 e. The van der Waals surface area contributed by atoms with Crippen molar-refractivity contribution >= 4 is 17.3 Å². The van der Waals surface area contributed by atoms with Gasteiger partial charge < -0.3 is 14.5 Å². The predicted molar refractivity (Wildman–Crippen MR) is 115 cm³/mol. The molecule has 0 saturated carbocycles.